The van der Waals surface area contributed by atoms with Crippen LogP contribution in [0.15, 0.2) is 0 Å². The van der Waals surface area contributed by atoms with Gasteiger partial charge in [-0.1, -0.05) is 26.2 Å². The molecule has 0 bridgehead atoms. The minimum absolute atomic E-state index is 0.379. The molecule has 12 heavy (non-hydrogen) atoms. The van der Waals surface area contributed by atoms with Crippen molar-refractivity contribution in [1.82, 2.24) is 0 Å². The fourth-order valence-corrected chi connectivity index (χ4v) is 3.05. The van der Waals surface area contributed by atoms with Crippen LogP contribution in [0.3, 0.4) is 0 Å². The summed E-state index contributed by atoms with van der Waals surface area (Å²) in [4.78, 5) is 11.4. The van der Waals surface area contributed by atoms with Gasteiger partial charge in [-0.15, -0.1) is 0 Å². The van der Waals surface area contributed by atoms with E-state index in [2.05, 4.69) is 6.92 Å². The summed E-state index contributed by atoms with van der Waals surface area (Å²) in [6.07, 6.45) is 7.52. The molecule has 1 heteroatoms. The number of hydrogen-bond donors (Lipinski definition) is 0. The van der Waals surface area contributed by atoms with Crippen LogP contribution in [0.4, 0.5) is 0 Å². The van der Waals surface area contributed by atoms with Gasteiger partial charge in [-0.2, -0.15) is 0 Å². The summed E-state index contributed by atoms with van der Waals surface area (Å²) in [6.45, 7) is 2.14. The minimum Gasteiger partial charge on any atom is -0.299 e. The Balaban J connectivity index is 2.08. The fourth-order valence-electron chi connectivity index (χ4n) is 3.05. The molecule has 0 radical (unpaired) electrons. The van der Waals surface area contributed by atoms with Crippen molar-refractivity contribution in [2.75, 3.05) is 0 Å². The summed E-state index contributed by atoms with van der Waals surface area (Å²) in [5.74, 6) is 2.55. The zero-order valence-electron chi connectivity index (χ0n) is 7.88. The first-order chi connectivity index (χ1) is 5.79. The van der Waals surface area contributed by atoms with Crippen LogP contribution in [0.5, 0.6) is 0 Å². The third-order valence-corrected chi connectivity index (χ3v) is 3.88. The number of carbonyl (C=O) groups is 1. The third kappa shape index (κ3) is 1.30. The van der Waals surface area contributed by atoms with E-state index in [1.165, 1.54) is 32.1 Å². The van der Waals surface area contributed by atoms with Crippen LogP contribution >= 0.6 is 0 Å². The van der Waals surface area contributed by atoms with Crippen molar-refractivity contribution in [2.45, 2.75) is 45.4 Å². The lowest BCUT2D eigenvalue weighted by molar-refractivity contribution is -0.128. The van der Waals surface area contributed by atoms with Gasteiger partial charge < -0.3 is 0 Å². The van der Waals surface area contributed by atoms with Crippen molar-refractivity contribution in [1.29, 1.82) is 0 Å². The highest BCUT2D eigenvalue weighted by atomic mass is 16.1. The van der Waals surface area contributed by atoms with Crippen LogP contribution < -0.4 is 0 Å². The molecular weight excluding hydrogens is 148 g/mol. The van der Waals surface area contributed by atoms with Gasteiger partial charge in [0.25, 0.3) is 0 Å². The van der Waals surface area contributed by atoms with Gasteiger partial charge in [0.1, 0.15) is 5.78 Å². The quantitative estimate of drug-likeness (QED) is 0.541. The molecule has 0 aromatic heterocycles. The molecule has 0 aromatic rings. The zero-order valence-corrected chi connectivity index (χ0v) is 7.88. The Hall–Kier alpha value is -0.330. The van der Waals surface area contributed by atoms with Crippen molar-refractivity contribution >= 4 is 5.78 Å². The maximum Gasteiger partial charge on any atom is 0.135 e. The first kappa shape index (κ1) is 8.28. The lowest BCUT2D eigenvalue weighted by Crippen LogP contribution is -2.35. The molecule has 68 valence electrons. The van der Waals surface area contributed by atoms with Gasteiger partial charge in [-0.05, 0) is 24.7 Å². The van der Waals surface area contributed by atoms with E-state index in [9.17, 15) is 4.79 Å². The molecule has 2 fully saturated rings. The number of ketones is 1. The predicted molar refractivity (Wildman–Crippen MR) is 48.9 cm³/mol. The number of hydrogen-bond acceptors (Lipinski definition) is 1. The van der Waals surface area contributed by atoms with Crippen molar-refractivity contribution in [2.24, 2.45) is 17.8 Å². The summed E-state index contributed by atoms with van der Waals surface area (Å²) in [7, 11) is 0. The van der Waals surface area contributed by atoms with E-state index in [0.29, 0.717) is 11.7 Å². The van der Waals surface area contributed by atoms with Gasteiger partial charge in [-0.3, -0.25) is 4.79 Å². The standard InChI is InChI=1S/C11H18O/c1-8-10-5-3-2-4-9(10)6-7-11(8)12/h8-10H,2-7H2,1H3/t8-,9+,10-/m0/s1. The summed E-state index contributed by atoms with van der Waals surface area (Å²) in [6, 6.07) is 0. The van der Waals surface area contributed by atoms with Crippen LogP contribution in [0.2, 0.25) is 0 Å². The Bertz CT molecular complexity index is 185. The van der Waals surface area contributed by atoms with Crippen molar-refractivity contribution in [3.63, 3.8) is 0 Å². The first-order valence-corrected chi connectivity index (χ1v) is 5.32. The van der Waals surface area contributed by atoms with Crippen LogP contribution in [0.25, 0.3) is 0 Å². The number of rotatable bonds is 0. The van der Waals surface area contributed by atoms with Crippen LogP contribution in [0, 0.1) is 17.8 Å². The van der Waals surface area contributed by atoms with Crippen LogP contribution in [0.1, 0.15) is 45.4 Å². The van der Waals surface area contributed by atoms with Gasteiger partial charge in [-0.25, -0.2) is 0 Å². The Kier molecular flexibility index (Phi) is 2.20. The molecule has 0 amide bonds. The van der Waals surface area contributed by atoms with Gasteiger partial charge in [0.15, 0.2) is 0 Å². The Morgan fingerprint density at radius 1 is 1.17 bits per heavy atom. The summed E-state index contributed by atoms with van der Waals surface area (Å²) in [5.41, 5.74) is 0. The average Bonchev–Trinajstić information content (AvgIpc) is 2.12. The van der Waals surface area contributed by atoms with Gasteiger partial charge >= 0.3 is 0 Å². The van der Waals surface area contributed by atoms with Crippen molar-refractivity contribution in [3.05, 3.63) is 0 Å². The maximum atomic E-state index is 11.4. The average molecular weight is 166 g/mol. The van der Waals surface area contributed by atoms with E-state index in [-0.39, 0.29) is 0 Å². The minimum atomic E-state index is 0.379. The lowest BCUT2D eigenvalue weighted by atomic mass is 9.66. The van der Waals surface area contributed by atoms with E-state index in [4.69, 9.17) is 0 Å². The summed E-state index contributed by atoms with van der Waals surface area (Å²) >= 11 is 0. The predicted octanol–water partition coefficient (Wildman–Crippen LogP) is 2.79. The molecular formula is C11H18O. The smallest absolute Gasteiger partial charge is 0.135 e. The molecule has 0 saturated heterocycles. The maximum absolute atomic E-state index is 11.4. The topological polar surface area (TPSA) is 17.1 Å². The van der Waals surface area contributed by atoms with Gasteiger partial charge in [0, 0.05) is 12.3 Å². The molecule has 0 N–H and O–H groups in total. The Morgan fingerprint density at radius 2 is 1.92 bits per heavy atom. The molecule has 0 spiro atoms. The molecule has 0 heterocycles. The number of carbonyl (C=O) groups excluding carboxylic acids is 1. The highest BCUT2D eigenvalue weighted by Crippen LogP contribution is 2.41. The molecule has 2 aliphatic carbocycles. The van der Waals surface area contributed by atoms with Gasteiger partial charge in [0.2, 0.25) is 0 Å². The SMILES string of the molecule is C[C@@H]1C(=O)CC[C@H]2CCCC[C@H]21. The highest BCUT2D eigenvalue weighted by molar-refractivity contribution is 5.81. The van der Waals surface area contributed by atoms with E-state index in [1.807, 2.05) is 0 Å². The highest BCUT2D eigenvalue weighted by Gasteiger charge is 2.36. The van der Waals surface area contributed by atoms with Crippen molar-refractivity contribution in [3.8, 4) is 0 Å². The Labute approximate surface area is 74.5 Å². The molecule has 1 nitrogen and oxygen atoms in total. The third-order valence-electron chi connectivity index (χ3n) is 3.88. The first-order valence-electron chi connectivity index (χ1n) is 5.32. The molecule has 2 rings (SSSR count). The van der Waals surface area contributed by atoms with Crippen LogP contribution in [-0.4, -0.2) is 5.78 Å². The normalized spacial score (nSPS) is 42.4. The second kappa shape index (κ2) is 3.20. The van der Waals surface area contributed by atoms with E-state index in [1.54, 1.807) is 0 Å². The van der Waals surface area contributed by atoms with Crippen LogP contribution in [-0.2, 0) is 4.79 Å². The molecule has 0 aromatic carbocycles. The van der Waals surface area contributed by atoms with E-state index >= 15 is 0 Å². The zero-order chi connectivity index (χ0) is 8.55. The fraction of sp³-hybridized carbons (Fsp3) is 0.909. The molecule has 0 unspecified atom stereocenters. The number of fused-ring (bicyclic) bond motifs is 1. The largest absolute Gasteiger partial charge is 0.299 e. The van der Waals surface area contributed by atoms with E-state index in [0.717, 1.165) is 18.3 Å². The monoisotopic (exact) mass is 166 g/mol. The summed E-state index contributed by atoms with van der Waals surface area (Å²) in [5, 5.41) is 0. The lowest BCUT2D eigenvalue weighted by Gasteiger charge is -2.38. The van der Waals surface area contributed by atoms with Gasteiger partial charge in [0.05, 0.1) is 0 Å². The second-order valence-electron chi connectivity index (χ2n) is 4.50. The number of Topliss-reactive ketones (excluding diaryl/α,β-unsaturated/α-hetero) is 1. The van der Waals surface area contributed by atoms with E-state index < -0.39 is 0 Å². The Morgan fingerprint density at radius 3 is 2.75 bits per heavy atom. The van der Waals surface area contributed by atoms with Crippen molar-refractivity contribution < 1.29 is 4.79 Å². The summed E-state index contributed by atoms with van der Waals surface area (Å²) < 4.78 is 0. The molecule has 2 saturated carbocycles. The molecule has 2 aliphatic rings. The molecule has 3 atom stereocenters. The molecule has 0 aliphatic heterocycles. The second-order valence-corrected chi connectivity index (χ2v) is 4.50.